The monoisotopic (exact) mass is 301 g/mol. The van der Waals surface area contributed by atoms with Gasteiger partial charge in [0, 0.05) is 26.2 Å². The molecule has 108 valence electrons. The summed E-state index contributed by atoms with van der Waals surface area (Å²) in [6, 6.07) is 7.33. The molecule has 0 radical (unpaired) electrons. The van der Waals surface area contributed by atoms with Crippen molar-refractivity contribution >= 4 is 37.9 Å². The molecule has 1 aromatic carbocycles. The summed E-state index contributed by atoms with van der Waals surface area (Å²) < 4.78 is 6.40. The summed E-state index contributed by atoms with van der Waals surface area (Å²) in [7, 11) is 2.12. The van der Waals surface area contributed by atoms with Gasteiger partial charge in [-0.05, 0) is 19.2 Å². The third-order valence-electron chi connectivity index (χ3n) is 3.90. The number of fused-ring (bicyclic) bond motifs is 2. The highest BCUT2D eigenvalue weighted by Gasteiger charge is 2.20. The quantitative estimate of drug-likeness (QED) is 0.689. The first-order valence-corrected chi connectivity index (χ1v) is 7.80. The molecular weight excluding hydrogens is 286 g/mol. The Morgan fingerprint density at radius 2 is 1.95 bits per heavy atom. The summed E-state index contributed by atoms with van der Waals surface area (Å²) in [5.41, 5.74) is 1.08. The lowest BCUT2D eigenvalue weighted by Gasteiger charge is -2.31. The summed E-state index contributed by atoms with van der Waals surface area (Å²) in [4.78, 5) is 21.6. The highest BCUT2D eigenvalue weighted by molar-refractivity contribution is 7.22. The molecule has 5 nitrogen and oxygen atoms in total. The van der Waals surface area contributed by atoms with Crippen LogP contribution in [0.4, 0.5) is 5.13 Å². The fourth-order valence-corrected chi connectivity index (χ4v) is 3.61. The second kappa shape index (κ2) is 4.82. The van der Waals surface area contributed by atoms with Gasteiger partial charge in [-0.1, -0.05) is 23.5 Å². The Morgan fingerprint density at radius 1 is 1.19 bits per heavy atom. The number of aromatic nitrogens is 1. The minimum Gasteiger partial charge on any atom is -0.437 e. The molecule has 4 rings (SSSR count). The molecule has 1 aliphatic rings. The normalized spacial score (nSPS) is 16.9. The molecule has 0 unspecified atom stereocenters. The minimum absolute atomic E-state index is 0.0183. The third-order valence-corrected chi connectivity index (χ3v) is 5.00. The Hall–Kier alpha value is -1.92. The van der Waals surface area contributed by atoms with Gasteiger partial charge in [-0.15, -0.1) is 0 Å². The molecule has 1 aliphatic heterocycles. The lowest BCUT2D eigenvalue weighted by atomic mass is 10.2. The second-order valence-corrected chi connectivity index (χ2v) is 6.33. The molecular formula is C15H15N3O2S. The zero-order valence-electron chi connectivity index (χ0n) is 11.7. The van der Waals surface area contributed by atoms with E-state index in [0.717, 1.165) is 31.3 Å². The van der Waals surface area contributed by atoms with Gasteiger partial charge in [0.2, 0.25) is 11.1 Å². The van der Waals surface area contributed by atoms with E-state index in [-0.39, 0.29) is 5.43 Å². The predicted molar refractivity (Wildman–Crippen MR) is 85.4 cm³/mol. The standard InChI is InChI=1S/C15H15N3O2S/c1-17-6-8-18(9-7-17)15-16-14-13(21-15)12(19)10-4-2-3-5-11(10)20-14/h2-5H,6-9H2,1H3. The number of piperazine rings is 1. The fraction of sp³-hybridized carbons (Fsp3) is 0.333. The van der Waals surface area contributed by atoms with Crippen molar-refractivity contribution < 1.29 is 4.42 Å². The molecule has 1 fully saturated rings. The predicted octanol–water partition coefficient (Wildman–Crippen LogP) is 2.15. The first-order chi connectivity index (χ1) is 10.2. The van der Waals surface area contributed by atoms with Crippen molar-refractivity contribution in [3.63, 3.8) is 0 Å². The van der Waals surface area contributed by atoms with Gasteiger partial charge < -0.3 is 14.2 Å². The van der Waals surface area contributed by atoms with Crippen LogP contribution in [-0.4, -0.2) is 43.1 Å². The second-order valence-electron chi connectivity index (χ2n) is 5.35. The summed E-state index contributed by atoms with van der Waals surface area (Å²) in [6.07, 6.45) is 0. The number of thiazole rings is 1. The van der Waals surface area contributed by atoms with E-state index >= 15 is 0 Å². The van der Waals surface area contributed by atoms with Crippen LogP contribution in [0.15, 0.2) is 33.5 Å². The van der Waals surface area contributed by atoms with Crippen LogP contribution < -0.4 is 10.3 Å². The van der Waals surface area contributed by atoms with Crippen molar-refractivity contribution in [3.05, 3.63) is 34.5 Å². The maximum atomic E-state index is 12.5. The molecule has 21 heavy (non-hydrogen) atoms. The van der Waals surface area contributed by atoms with Gasteiger partial charge in [-0.3, -0.25) is 4.79 Å². The van der Waals surface area contributed by atoms with E-state index in [1.165, 1.54) is 11.3 Å². The van der Waals surface area contributed by atoms with Gasteiger partial charge in [0.05, 0.1) is 5.39 Å². The number of likely N-dealkylation sites (N-methyl/N-ethyl adjacent to an activating group) is 1. The van der Waals surface area contributed by atoms with Crippen molar-refractivity contribution in [2.75, 3.05) is 38.1 Å². The molecule has 6 heteroatoms. The number of nitrogens with zero attached hydrogens (tertiary/aromatic N) is 3. The maximum absolute atomic E-state index is 12.5. The van der Waals surface area contributed by atoms with Crippen LogP contribution in [0.3, 0.4) is 0 Å². The van der Waals surface area contributed by atoms with Gasteiger partial charge >= 0.3 is 0 Å². The minimum atomic E-state index is 0.0183. The van der Waals surface area contributed by atoms with Crippen molar-refractivity contribution in [3.8, 4) is 0 Å². The van der Waals surface area contributed by atoms with E-state index in [2.05, 4.69) is 21.8 Å². The first kappa shape index (κ1) is 12.8. The number of benzene rings is 1. The molecule has 0 atom stereocenters. The molecule has 0 bridgehead atoms. The Kier molecular flexibility index (Phi) is 2.94. The van der Waals surface area contributed by atoms with E-state index in [4.69, 9.17) is 4.42 Å². The highest BCUT2D eigenvalue weighted by Crippen LogP contribution is 2.29. The van der Waals surface area contributed by atoms with Gasteiger partial charge in [-0.2, -0.15) is 4.98 Å². The lowest BCUT2D eigenvalue weighted by molar-refractivity contribution is 0.312. The smallest absolute Gasteiger partial charge is 0.243 e. The Labute approximate surface area is 125 Å². The van der Waals surface area contributed by atoms with Crippen molar-refractivity contribution in [1.29, 1.82) is 0 Å². The third kappa shape index (κ3) is 2.11. The van der Waals surface area contributed by atoms with E-state index in [1.807, 2.05) is 18.2 Å². The van der Waals surface area contributed by atoms with Crippen molar-refractivity contribution in [1.82, 2.24) is 9.88 Å². The molecule has 0 aliphatic carbocycles. The number of rotatable bonds is 1. The molecule has 3 aromatic rings. The summed E-state index contributed by atoms with van der Waals surface area (Å²) >= 11 is 1.44. The van der Waals surface area contributed by atoms with Crippen LogP contribution in [0.25, 0.3) is 21.4 Å². The van der Waals surface area contributed by atoms with Crippen molar-refractivity contribution in [2.24, 2.45) is 0 Å². The molecule has 2 aromatic heterocycles. The number of hydrogen-bond acceptors (Lipinski definition) is 6. The molecule has 0 spiro atoms. The Morgan fingerprint density at radius 3 is 2.76 bits per heavy atom. The molecule has 0 amide bonds. The van der Waals surface area contributed by atoms with Crippen molar-refractivity contribution in [2.45, 2.75) is 0 Å². The largest absolute Gasteiger partial charge is 0.437 e. The fourth-order valence-electron chi connectivity index (χ4n) is 2.61. The zero-order chi connectivity index (χ0) is 14.4. The zero-order valence-corrected chi connectivity index (χ0v) is 12.5. The van der Waals surface area contributed by atoms with Gasteiger partial charge in [0.1, 0.15) is 10.3 Å². The van der Waals surface area contributed by atoms with E-state index in [0.29, 0.717) is 21.4 Å². The van der Waals surface area contributed by atoms with E-state index in [9.17, 15) is 4.79 Å². The molecule has 1 saturated heterocycles. The van der Waals surface area contributed by atoms with Crippen LogP contribution in [0.1, 0.15) is 0 Å². The van der Waals surface area contributed by atoms with Gasteiger partial charge in [-0.25, -0.2) is 0 Å². The van der Waals surface area contributed by atoms with Crippen LogP contribution in [0.2, 0.25) is 0 Å². The summed E-state index contributed by atoms with van der Waals surface area (Å²) in [6.45, 7) is 3.90. The summed E-state index contributed by atoms with van der Waals surface area (Å²) in [5, 5.41) is 1.51. The SMILES string of the molecule is CN1CCN(c2nc3oc4ccccc4c(=O)c3s2)CC1. The topological polar surface area (TPSA) is 49.6 Å². The number of anilines is 1. The average molecular weight is 301 g/mol. The maximum Gasteiger partial charge on any atom is 0.243 e. The van der Waals surface area contributed by atoms with Crippen LogP contribution in [0, 0.1) is 0 Å². The average Bonchev–Trinajstić information content (AvgIpc) is 2.92. The lowest BCUT2D eigenvalue weighted by Crippen LogP contribution is -2.44. The van der Waals surface area contributed by atoms with E-state index < -0.39 is 0 Å². The Balaban J connectivity index is 1.84. The highest BCUT2D eigenvalue weighted by atomic mass is 32.1. The van der Waals surface area contributed by atoms with Crippen LogP contribution in [0.5, 0.6) is 0 Å². The Bertz CT molecular complexity index is 862. The van der Waals surface area contributed by atoms with Gasteiger partial charge in [0.25, 0.3) is 0 Å². The van der Waals surface area contributed by atoms with Crippen LogP contribution in [-0.2, 0) is 0 Å². The molecule has 3 heterocycles. The molecule has 0 saturated carbocycles. The summed E-state index contributed by atoms with van der Waals surface area (Å²) in [5.74, 6) is 0. The number of hydrogen-bond donors (Lipinski definition) is 0. The molecule has 0 N–H and O–H groups in total. The van der Waals surface area contributed by atoms with Gasteiger partial charge in [0.15, 0.2) is 5.13 Å². The first-order valence-electron chi connectivity index (χ1n) is 6.98. The number of para-hydroxylation sites is 1. The van der Waals surface area contributed by atoms with E-state index in [1.54, 1.807) is 6.07 Å². The van der Waals surface area contributed by atoms with Crippen LogP contribution >= 0.6 is 11.3 Å².